The fraction of sp³-hybridized carbons (Fsp3) is 0.867. The van der Waals surface area contributed by atoms with Gasteiger partial charge in [0.15, 0.2) is 0 Å². The van der Waals surface area contributed by atoms with Crippen LogP contribution in [0.5, 0.6) is 0 Å². The van der Waals surface area contributed by atoms with E-state index in [0.29, 0.717) is 5.41 Å². The van der Waals surface area contributed by atoms with Gasteiger partial charge in [0.25, 0.3) is 0 Å². The Morgan fingerprint density at radius 1 is 1.35 bits per heavy atom. The molecule has 1 aliphatic rings. The van der Waals surface area contributed by atoms with E-state index in [0.717, 1.165) is 19.1 Å². The third kappa shape index (κ3) is 4.11. The second kappa shape index (κ2) is 7.17. The van der Waals surface area contributed by atoms with Crippen LogP contribution in [0.2, 0.25) is 0 Å². The first-order valence-electron chi connectivity index (χ1n) is 7.01. The second-order valence-electron chi connectivity index (χ2n) is 5.47. The Kier molecular flexibility index (Phi) is 6.21. The molecule has 17 heavy (non-hydrogen) atoms. The van der Waals surface area contributed by atoms with Crippen molar-refractivity contribution >= 4 is 0 Å². The number of ether oxygens (including phenoxy) is 1. The van der Waals surface area contributed by atoms with Crippen LogP contribution in [-0.4, -0.2) is 38.3 Å². The molecular weight excluding hydrogens is 210 g/mol. The highest BCUT2D eigenvalue weighted by molar-refractivity contribution is 5.00. The molecule has 0 bridgehead atoms. The summed E-state index contributed by atoms with van der Waals surface area (Å²) < 4.78 is 5.15. The molecule has 0 amide bonds. The molecule has 0 saturated carbocycles. The van der Waals surface area contributed by atoms with Crippen LogP contribution < -0.4 is 0 Å². The summed E-state index contributed by atoms with van der Waals surface area (Å²) in [4.78, 5) is 2.53. The third-order valence-corrected chi connectivity index (χ3v) is 4.44. The smallest absolute Gasteiger partial charge is 0.0589 e. The molecule has 0 aromatic heterocycles. The van der Waals surface area contributed by atoms with E-state index in [1.165, 1.54) is 32.4 Å². The maximum absolute atomic E-state index is 5.15. The molecule has 2 heteroatoms. The number of allylic oxidation sites excluding steroid dienone is 2. The number of piperidine rings is 1. The molecule has 1 unspecified atom stereocenters. The average Bonchev–Trinajstić information content (AvgIpc) is 2.37. The molecular formula is C15H29NO. The van der Waals surface area contributed by atoms with Crippen molar-refractivity contribution in [1.82, 2.24) is 4.90 Å². The lowest BCUT2D eigenvalue weighted by Crippen LogP contribution is -2.40. The lowest BCUT2D eigenvalue weighted by molar-refractivity contribution is 0.0883. The van der Waals surface area contributed by atoms with Crippen LogP contribution in [0.3, 0.4) is 0 Å². The lowest BCUT2D eigenvalue weighted by atomic mass is 9.70. The summed E-state index contributed by atoms with van der Waals surface area (Å²) in [5.41, 5.74) is 0.405. The minimum Gasteiger partial charge on any atom is -0.383 e. The van der Waals surface area contributed by atoms with E-state index in [1.54, 1.807) is 7.11 Å². The van der Waals surface area contributed by atoms with Crippen molar-refractivity contribution in [3.63, 3.8) is 0 Å². The van der Waals surface area contributed by atoms with Crippen molar-refractivity contribution < 1.29 is 4.74 Å². The SMILES string of the molecule is C/C=C\C(C)(CC)C1CCN(CCOC)CC1. The van der Waals surface area contributed by atoms with Crippen molar-refractivity contribution in [1.29, 1.82) is 0 Å². The molecule has 0 aliphatic carbocycles. The number of hydrogen-bond acceptors (Lipinski definition) is 2. The van der Waals surface area contributed by atoms with Crippen LogP contribution >= 0.6 is 0 Å². The van der Waals surface area contributed by atoms with Gasteiger partial charge in [-0.1, -0.05) is 26.0 Å². The standard InChI is InChI=1S/C15H29NO/c1-5-9-15(3,6-2)14-7-10-16(11-8-14)12-13-17-4/h5,9,14H,6-8,10-13H2,1-4H3/b9-5-. The highest BCUT2D eigenvalue weighted by atomic mass is 16.5. The summed E-state index contributed by atoms with van der Waals surface area (Å²) in [5, 5.41) is 0. The Hall–Kier alpha value is -0.340. The third-order valence-electron chi connectivity index (χ3n) is 4.44. The highest BCUT2D eigenvalue weighted by Crippen LogP contribution is 2.39. The van der Waals surface area contributed by atoms with Gasteiger partial charge in [0.1, 0.15) is 0 Å². The number of rotatable bonds is 6. The predicted molar refractivity (Wildman–Crippen MR) is 74.3 cm³/mol. The van der Waals surface area contributed by atoms with Gasteiger partial charge in [0, 0.05) is 13.7 Å². The summed E-state index contributed by atoms with van der Waals surface area (Å²) in [6, 6.07) is 0. The lowest BCUT2D eigenvalue weighted by Gasteiger charge is -2.41. The Morgan fingerprint density at radius 2 is 2.00 bits per heavy atom. The Bertz CT molecular complexity index is 231. The Morgan fingerprint density at radius 3 is 2.47 bits per heavy atom. The van der Waals surface area contributed by atoms with E-state index in [4.69, 9.17) is 4.74 Å². The van der Waals surface area contributed by atoms with Crippen molar-refractivity contribution in [2.24, 2.45) is 11.3 Å². The van der Waals surface area contributed by atoms with Gasteiger partial charge in [-0.15, -0.1) is 0 Å². The molecule has 2 nitrogen and oxygen atoms in total. The van der Waals surface area contributed by atoms with Gasteiger partial charge in [0.05, 0.1) is 6.61 Å². The molecule has 1 rings (SSSR count). The molecule has 0 spiro atoms. The maximum Gasteiger partial charge on any atom is 0.0589 e. The van der Waals surface area contributed by atoms with E-state index < -0.39 is 0 Å². The zero-order valence-corrected chi connectivity index (χ0v) is 12.0. The molecule has 1 atom stereocenters. The molecule has 1 fully saturated rings. The van der Waals surface area contributed by atoms with E-state index in [2.05, 4.69) is 37.8 Å². The monoisotopic (exact) mass is 239 g/mol. The minimum atomic E-state index is 0.405. The molecule has 1 saturated heterocycles. The van der Waals surface area contributed by atoms with Gasteiger partial charge < -0.3 is 9.64 Å². The van der Waals surface area contributed by atoms with Crippen LogP contribution in [0.15, 0.2) is 12.2 Å². The minimum absolute atomic E-state index is 0.405. The summed E-state index contributed by atoms with van der Waals surface area (Å²) in [6.45, 7) is 11.3. The average molecular weight is 239 g/mol. The first-order chi connectivity index (χ1) is 8.16. The van der Waals surface area contributed by atoms with Crippen LogP contribution in [0.4, 0.5) is 0 Å². The fourth-order valence-electron chi connectivity index (χ4n) is 2.96. The van der Waals surface area contributed by atoms with Gasteiger partial charge >= 0.3 is 0 Å². The maximum atomic E-state index is 5.15. The van der Waals surface area contributed by atoms with Crippen LogP contribution in [0.1, 0.15) is 40.0 Å². The molecule has 0 radical (unpaired) electrons. The van der Waals surface area contributed by atoms with Crippen LogP contribution in [-0.2, 0) is 4.74 Å². The van der Waals surface area contributed by atoms with E-state index in [1.807, 2.05) is 0 Å². The van der Waals surface area contributed by atoms with Gasteiger partial charge in [-0.3, -0.25) is 0 Å². The first kappa shape index (κ1) is 14.7. The molecule has 0 N–H and O–H groups in total. The summed E-state index contributed by atoms with van der Waals surface area (Å²) in [6.07, 6.45) is 8.56. The quantitative estimate of drug-likeness (QED) is 0.659. The summed E-state index contributed by atoms with van der Waals surface area (Å²) in [7, 11) is 1.78. The highest BCUT2D eigenvalue weighted by Gasteiger charge is 2.32. The molecule has 0 aromatic rings. The molecule has 1 aliphatic heterocycles. The second-order valence-corrected chi connectivity index (χ2v) is 5.47. The predicted octanol–water partition coefficient (Wildman–Crippen LogP) is 3.34. The number of methoxy groups -OCH3 is 1. The number of nitrogens with zero attached hydrogens (tertiary/aromatic N) is 1. The number of likely N-dealkylation sites (tertiary alicyclic amines) is 1. The fourth-order valence-corrected chi connectivity index (χ4v) is 2.96. The Labute approximate surface area is 107 Å². The summed E-state index contributed by atoms with van der Waals surface area (Å²) >= 11 is 0. The normalized spacial score (nSPS) is 23.1. The first-order valence-corrected chi connectivity index (χ1v) is 7.01. The zero-order chi connectivity index (χ0) is 12.7. The van der Waals surface area contributed by atoms with Crippen molar-refractivity contribution in [3.8, 4) is 0 Å². The Balaban J connectivity index is 2.44. The van der Waals surface area contributed by atoms with Crippen molar-refractivity contribution in [2.45, 2.75) is 40.0 Å². The number of hydrogen-bond donors (Lipinski definition) is 0. The van der Waals surface area contributed by atoms with Gasteiger partial charge in [-0.2, -0.15) is 0 Å². The van der Waals surface area contributed by atoms with Crippen LogP contribution in [0, 0.1) is 11.3 Å². The largest absolute Gasteiger partial charge is 0.383 e. The molecule has 100 valence electrons. The van der Waals surface area contributed by atoms with Gasteiger partial charge in [0.2, 0.25) is 0 Å². The topological polar surface area (TPSA) is 12.5 Å². The summed E-state index contributed by atoms with van der Waals surface area (Å²) in [5.74, 6) is 0.850. The molecule has 1 heterocycles. The zero-order valence-electron chi connectivity index (χ0n) is 12.0. The van der Waals surface area contributed by atoms with E-state index in [9.17, 15) is 0 Å². The van der Waals surface area contributed by atoms with Crippen LogP contribution in [0.25, 0.3) is 0 Å². The van der Waals surface area contributed by atoms with Gasteiger partial charge in [-0.05, 0) is 50.6 Å². The van der Waals surface area contributed by atoms with Crippen molar-refractivity contribution in [2.75, 3.05) is 33.4 Å². The van der Waals surface area contributed by atoms with E-state index >= 15 is 0 Å². The molecule has 0 aromatic carbocycles. The van der Waals surface area contributed by atoms with Crippen molar-refractivity contribution in [3.05, 3.63) is 12.2 Å². The van der Waals surface area contributed by atoms with Gasteiger partial charge in [-0.25, -0.2) is 0 Å². The van der Waals surface area contributed by atoms with E-state index in [-0.39, 0.29) is 0 Å².